The van der Waals surface area contributed by atoms with Gasteiger partial charge in [0.25, 0.3) is 5.22 Å². The lowest BCUT2D eigenvalue weighted by Gasteiger charge is -2.02. The second-order valence-corrected chi connectivity index (χ2v) is 5.37. The molecule has 6 nitrogen and oxygen atoms in total. The van der Waals surface area contributed by atoms with E-state index >= 15 is 0 Å². The van der Waals surface area contributed by atoms with Gasteiger partial charge in [0.05, 0.1) is 12.4 Å². The molecule has 0 bridgehead atoms. The first-order valence-electron chi connectivity index (χ1n) is 6.17. The van der Waals surface area contributed by atoms with Gasteiger partial charge in [-0.1, -0.05) is 23.4 Å². The van der Waals surface area contributed by atoms with Crippen LogP contribution in [0.3, 0.4) is 0 Å². The molecule has 0 aliphatic rings. The van der Waals surface area contributed by atoms with E-state index in [0.717, 1.165) is 5.56 Å². The normalized spacial score (nSPS) is 10.6. The smallest absolute Gasteiger partial charge is 0.277 e. The summed E-state index contributed by atoms with van der Waals surface area (Å²) in [5, 5.41) is 11.5. The van der Waals surface area contributed by atoms with Crippen molar-refractivity contribution in [3.63, 3.8) is 0 Å². The summed E-state index contributed by atoms with van der Waals surface area (Å²) in [7, 11) is 1.58. The van der Waals surface area contributed by atoms with Crippen molar-refractivity contribution < 1.29 is 13.9 Å². The van der Waals surface area contributed by atoms with Crippen LogP contribution in [0, 0.1) is 0 Å². The van der Waals surface area contributed by atoms with Crippen LogP contribution in [0.4, 0.5) is 0 Å². The molecule has 1 aromatic heterocycles. The van der Waals surface area contributed by atoms with Crippen LogP contribution < -0.4 is 5.32 Å². The number of thioether (sulfide) groups is 1. The third-order valence-electron chi connectivity index (χ3n) is 2.45. The maximum Gasteiger partial charge on any atom is 0.277 e. The Hall–Kier alpha value is -1.57. The van der Waals surface area contributed by atoms with Gasteiger partial charge in [-0.2, -0.15) is 0 Å². The molecule has 1 N–H and O–H groups in total. The number of rotatable bonds is 7. The quantitative estimate of drug-likeness (QED) is 0.621. The van der Waals surface area contributed by atoms with E-state index in [9.17, 15) is 4.79 Å². The third kappa shape index (κ3) is 5.04. The summed E-state index contributed by atoms with van der Waals surface area (Å²) in [4.78, 5) is 11.5. The van der Waals surface area contributed by atoms with E-state index in [1.807, 2.05) is 0 Å². The lowest BCUT2D eigenvalue weighted by Crippen LogP contribution is -2.28. The van der Waals surface area contributed by atoms with E-state index < -0.39 is 0 Å². The molecule has 1 aromatic carbocycles. The average molecular weight is 328 g/mol. The van der Waals surface area contributed by atoms with Crippen molar-refractivity contribution in [2.24, 2.45) is 0 Å². The van der Waals surface area contributed by atoms with Gasteiger partial charge >= 0.3 is 0 Å². The molecule has 2 rings (SSSR count). The third-order valence-corrected chi connectivity index (χ3v) is 3.52. The minimum Gasteiger partial charge on any atom is -0.411 e. The molecule has 0 radical (unpaired) electrons. The number of ether oxygens (including phenoxy) is 1. The molecule has 1 heterocycles. The lowest BCUT2D eigenvalue weighted by molar-refractivity contribution is -0.118. The van der Waals surface area contributed by atoms with Gasteiger partial charge in [-0.15, -0.1) is 10.2 Å². The highest BCUT2D eigenvalue weighted by Crippen LogP contribution is 2.24. The van der Waals surface area contributed by atoms with E-state index in [4.69, 9.17) is 20.8 Å². The summed E-state index contributed by atoms with van der Waals surface area (Å²) in [5.41, 5.74) is 0.781. The maximum absolute atomic E-state index is 11.5. The fourth-order valence-corrected chi connectivity index (χ4v) is 2.17. The van der Waals surface area contributed by atoms with Gasteiger partial charge in [0.15, 0.2) is 0 Å². The van der Waals surface area contributed by atoms with Gasteiger partial charge in [0.1, 0.15) is 0 Å². The zero-order valence-corrected chi connectivity index (χ0v) is 12.9. The molecule has 112 valence electrons. The van der Waals surface area contributed by atoms with Crippen LogP contribution in [-0.4, -0.2) is 42.1 Å². The molecule has 0 atom stereocenters. The number of hydrogen-bond donors (Lipinski definition) is 1. The summed E-state index contributed by atoms with van der Waals surface area (Å²) < 4.78 is 10.3. The Bertz CT molecular complexity index is 589. The number of nitrogens with one attached hydrogen (secondary N) is 1. The van der Waals surface area contributed by atoms with Crippen molar-refractivity contribution >= 4 is 29.3 Å². The molecule has 0 unspecified atom stereocenters. The Kier molecular flexibility index (Phi) is 6.04. The van der Waals surface area contributed by atoms with Crippen molar-refractivity contribution in [2.75, 3.05) is 26.0 Å². The van der Waals surface area contributed by atoms with Crippen molar-refractivity contribution in [1.29, 1.82) is 0 Å². The predicted molar refractivity (Wildman–Crippen MR) is 80.4 cm³/mol. The number of aromatic nitrogens is 2. The number of amides is 1. The highest BCUT2D eigenvalue weighted by Gasteiger charge is 2.10. The molecule has 0 spiro atoms. The second kappa shape index (κ2) is 8.02. The summed E-state index contributed by atoms with van der Waals surface area (Å²) in [6.45, 7) is 0.966. The standard InChI is InChI=1S/C13H14ClN3O3S/c1-19-7-6-15-11(18)8-21-13-17-16-12(20-13)9-2-4-10(14)5-3-9/h2-5H,6-8H2,1H3,(H,15,18). The van der Waals surface area contributed by atoms with Crippen LogP contribution in [0.15, 0.2) is 33.9 Å². The van der Waals surface area contributed by atoms with E-state index in [1.54, 1.807) is 31.4 Å². The molecule has 0 aliphatic carbocycles. The Labute approximate surface area is 131 Å². The Morgan fingerprint density at radius 3 is 2.86 bits per heavy atom. The van der Waals surface area contributed by atoms with Crippen molar-refractivity contribution in [1.82, 2.24) is 15.5 Å². The monoisotopic (exact) mass is 327 g/mol. The van der Waals surface area contributed by atoms with E-state index in [2.05, 4.69) is 15.5 Å². The van der Waals surface area contributed by atoms with Gasteiger partial charge in [-0.3, -0.25) is 4.79 Å². The summed E-state index contributed by atoms with van der Waals surface area (Å²) in [6, 6.07) is 7.08. The number of carbonyl (C=O) groups is 1. The second-order valence-electron chi connectivity index (χ2n) is 4.01. The summed E-state index contributed by atoms with van der Waals surface area (Å²) >= 11 is 7.00. The SMILES string of the molecule is COCCNC(=O)CSc1nnc(-c2ccc(Cl)cc2)o1. The van der Waals surface area contributed by atoms with Crippen LogP contribution in [0.25, 0.3) is 11.5 Å². The van der Waals surface area contributed by atoms with E-state index in [0.29, 0.717) is 29.3 Å². The molecule has 21 heavy (non-hydrogen) atoms. The maximum atomic E-state index is 11.5. The fraction of sp³-hybridized carbons (Fsp3) is 0.308. The van der Waals surface area contributed by atoms with Crippen molar-refractivity contribution in [3.8, 4) is 11.5 Å². The number of nitrogens with zero attached hydrogens (tertiary/aromatic N) is 2. The van der Waals surface area contributed by atoms with E-state index in [1.165, 1.54) is 11.8 Å². The number of carbonyl (C=O) groups excluding carboxylic acids is 1. The minimum atomic E-state index is -0.108. The van der Waals surface area contributed by atoms with Crippen molar-refractivity contribution in [3.05, 3.63) is 29.3 Å². The molecule has 0 fully saturated rings. The highest BCUT2D eigenvalue weighted by atomic mass is 35.5. The van der Waals surface area contributed by atoms with E-state index in [-0.39, 0.29) is 11.7 Å². The average Bonchev–Trinajstić information content (AvgIpc) is 2.95. The van der Waals surface area contributed by atoms with Crippen LogP contribution in [-0.2, 0) is 9.53 Å². The van der Waals surface area contributed by atoms with Gasteiger partial charge in [-0.05, 0) is 24.3 Å². The zero-order chi connectivity index (χ0) is 15.1. The van der Waals surface area contributed by atoms with Crippen LogP contribution in [0.1, 0.15) is 0 Å². The molecular formula is C13H14ClN3O3S. The van der Waals surface area contributed by atoms with Crippen LogP contribution in [0.2, 0.25) is 5.02 Å². The summed E-state index contributed by atoms with van der Waals surface area (Å²) in [6.07, 6.45) is 0. The predicted octanol–water partition coefficient (Wildman–Crippen LogP) is 2.24. The first kappa shape index (κ1) is 15.8. The van der Waals surface area contributed by atoms with Gasteiger partial charge in [0.2, 0.25) is 11.8 Å². The van der Waals surface area contributed by atoms with Crippen LogP contribution >= 0.6 is 23.4 Å². The zero-order valence-electron chi connectivity index (χ0n) is 11.3. The molecule has 0 saturated heterocycles. The molecule has 0 aliphatic heterocycles. The van der Waals surface area contributed by atoms with Gasteiger partial charge < -0.3 is 14.5 Å². The fourth-order valence-electron chi connectivity index (χ4n) is 1.45. The highest BCUT2D eigenvalue weighted by molar-refractivity contribution is 7.99. The number of hydrogen-bond acceptors (Lipinski definition) is 6. The molecule has 8 heteroatoms. The number of methoxy groups -OCH3 is 1. The number of halogens is 1. The molecule has 2 aromatic rings. The molecule has 0 saturated carbocycles. The molecule has 1 amide bonds. The Balaban J connectivity index is 1.86. The Morgan fingerprint density at radius 1 is 1.38 bits per heavy atom. The van der Waals surface area contributed by atoms with Crippen LogP contribution in [0.5, 0.6) is 0 Å². The first-order chi connectivity index (χ1) is 10.2. The Morgan fingerprint density at radius 2 is 2.14 bits per heavy atom. The van der Waals surface area contributed by atoms with Crippen molar-refractivity contribution in [2.45, 2.75) is 5.22 Å². The largest absolute Gasteiger partial charge is 0.411 e. The van der Waals surface area contributed by atoms with Gasteiger partial charge in [0, 0.05) is 24.2 Å². The summed E-state index contributed by atoms with van der Waals surface area (Å²) in [5.74, 6) is 0.503. The minimum absolute atomic E-state index is 0.108. The van der Waals surface area contributed by atoms with Gasteiger partial charge in [-0.25, -0.2) is 0 Å². The number of benzene rings is 1. The topological polar surface area (TPSA) is 77.2 Å². The molecular weight excluding hydrogens is 314 g/mol. The first-order valence-corrected chi connectivity index (χ1v) is 7.53. The lowest BCUT2D eigenvalue weighted by atomic mass is 10.2.